The van der Waals surface area contributed by atoms with Crippen molar-refractivity contribution in [2.45, 2.75) is 257 Å². The Morgan fingerprint density at radius 2 is 0.963 bits per heavy atom. The minimum atomic E-state index is -0.671. The third kappa shape index (κ3) is 40.0. The maximum Gasteiger partial charge on any atom is 0.305 e. The largest absolute Gasteiger partial charge is 0.466 e. The van der Waals surface area contributed by atoms with Crippen LogP contribution in [0.15, 0.2) is 24.3 Å². The van der Waals surface area contributed by atoms with Crippen molar-refractivity contribution in [3.8, 4) is 0 Å². The normalized spacial score (nSPS) is 12.9. The van der Waals surface area contributed by atoms with Gasteiger partial charge in [-0.15, -0.1) is 0 Å². The lowest BCUT2D eigenvalue weighted by molar-refractivity contribution is -0.143. The lowest BCUT2D eigenvalue weighted by atomic mass is 10.0. The third-order valence-corrected chi connectivity index (χ3v) is 10.7. The second-order valence-electron chi connectivity index (χ2n) is 16.1. The molecule has 0 saturated carbocycles. The molecule has 0 radical (unpaired) electrons. The molecule has 0 aliphatic carbocycles. The number of carbonyl (C=O) groups excluding carboxylic acids is 2. The molecule has 0 rings (SSSR count). The number of carbonyl (C=O) groups is 2. The van der Waals surface area contributed by atoms with Crippen molar-refractivity contribution in [3.63, 3.8) is 0 Å². The zero-order valence-electron chi connectivity index (χ0n) is 36.0. The second kappa shape index (κ2) is 44.1. The Bertz CT molecular complexity index is 843. The van der Waals surface area contributed by atoms with Gasteiger partial charge in [-0.3, -0.25) is 9.59 Å². The molecule has 0 aliphatic heterocycles. The molecular weight excluding hydrogens is 671 g/mol. The van der Waals surface area contributed by atoms with Gasteiger partial charge in [0.15, 0.2) is 0 Å². The Balaban J connectivity index is 3.46. The molecule has 2 unspecified atom stereocenters. The van der Waals surface area contributed by atoms with Crippen LogP contribution < -0.4 is 5.32 Å². The predicted molar refractivity (Wildman–Crippen MR) is 232 cm³/mol. The van der Waals surface area contributed by atoms with Crippen molar-refractivity contribution in [2.75, 3.05) is 13.2 Å². The number of nitrogens with one attached hydrogen (secondary N) is 1. The van der Waals surface area contributed by atoms with Crippen LogP contribution in [0.3, 0.4) is 0 Å². The van der Waals surface area contributed by atoms with Gasteiger partial charge in [-0.25, -0.2) is 0 Å². The molecule has 0 bridgehead atoms. The van der Waals surface area contributed by atoms with Crippen LogP contribution in [0.25, 0.3) is 0 Å². The number of aliphatic hydroxyl groups is 2. The minimum absolute atomic E-state index is 0.0214. The molecule has 0 saturated heterocycles. The van der Waals surface area contributed by atoms with Crippen molar-refractivity contribution < 1.29 is 24.5 Å². The first-order valence-electron chi connectivity index (χ1n) is 23.6. The van der Waals surface area contributed by atoms with E-state index in [4.69, 9.17) is 4.74 Å². The lowest BCUT2D eigenvalue weighted by Gasteiger charge is -2.22. The van der Waals surface area contributed by atoms with Crippen molar-refractivity contribution in [3.05, 3.63) is 24.3 Å². The van der Waals surface area contributed by atoms with E-state index < -0.39 is 12.1 Å². The summed E-state index contributed by atoms with van der Waals surface area (Å²) in [4.78, 5) is 24.4. The molecule has 0 heterocycles. The molecule has 6 nitrogen and oxygen atoms in total. The van der Waals surface area contributed by atoms with Crippen LogP contribution in [0, 0.1) is 0 Å². The van der Waals surface area contributed by atoms with E-state index in [9.17, 15) is 19.8 Å². The zero-order chi connectivity index (χ0) is 39.4. The fourth-order valence-corrected chi connectivity index (χ4v) is 7.09. The summed E-state index contributed by atoms with van der Waals surface area (Å²) in [7, 11) is 0. The summed E-state index contributed by atoms with van der Waals surface area (Å²) in [5.74, 6) is -0.0719. The molecule has 0 aromatic heterocycles. The third-order valence-electron chi connectivity index (χ3n) is 10.7. The van der Waals surface area contributed by atoms with E-state index in [0.717, 1.165) is 64.2 Å². The predicted octanol–water partition coefficient (Wildman–Crippen LogP) is 13.6. The number of aliphatic hydroxyl groups excluding tert-OH is 2. The molecule has 0 spiro atoms. The summed E-state index contributed by atoms with van der Waals surface area (Å²) in [6.45, 7) is 4.83. The summed E-state index contributed by atoms with van der Waals surface area (Å²) in [5, 5.41) is 23.1. The van der Waals surface area contributed by atoms with E-state index in [0.29, 0.717) is 25.9 Å². The van der Waals surface area contributed by atoms with Gasteiger partial charge >= 0.3 is 5.97 Å². The molecule has 2 atom stereocenters. The van der Waals surface area contributed by atoms with E-state index in [-0.39, 0.29) is 18.5 Å². The maximum absolute atomic E-state index is 12.4. The van der Waals surface area contributed by atoms with Gasteiger partial charge in [0, 0.05) is 12.8 Å². The molecule has 1 amide bonds. The molecular formula is C48H91NO5. The number of esters is 1. The summed E-state index contributed by atoms with van der Waals surface area (Å²) >= 11 is 0. The van der Waals surface area contributed by atoms with E-state index in [1.54, 1.807) is 0 Å². The van der Waals surface area contributed by atoms with Crippen molar-refractivity contribution in [1.82, 2.24) is 5.32 Å². The SMILES string of the molecule is CCC/C=C\C/C=C\CCCCCCCC(=O)OCCCCCCCCCCCCCCCC(=O)NC(CO)C(O)CCCCCCCCCCCCC. The number of hydrogen-bond acceptors (Lipinski definition) is 5. The Morgan fingerprint density at radius 3 is 1.48 bits per heavy atom. The Hall–Kier alpha value is -1.66. The van der Waals surface area contributed by atoms with Gasteiger partial charge in [0.05, 0.1) is 25.4 Å². The molecule has 0 fully saturated rings. The van der Waals surface area contributed by atoms with Gasteiger partial charge in [0.2, 0.25) is 5.91 Å². The zero-order valence-corrected chi connectivity index (χ0v) is 36.0. The molecule has 0 aromatic carbocycles. The summed E-state index contributed by atoms with van der Waals surface area (Å²) in [6.07, 6.45) is 49.9. The van der Waals surface area contributed by atoms with Crippen LogP contribution >= 0.6 is 0 Å². The monoisotopic (exact) mass is 762 g/mol. The molecule has 54 heavy (non-hydrogen) atoms. The highest BCUT2D eigenvalue weighted by atomic mass is 16.5. The van der Waals surface area contributed by atoms with Gasteiger partial charge in [-0.05, 0) is 51.4 Å². The van der Waals surface area contributed by atoms with E-state index >= 15 is 0 Å². The molecule has 0 aromatic rings. The van der Waals surface area contributed by atoms with E-state index in [1.165, 1.54) is 148 Å². The number of allylic oxidation sites excluding steroid dienone is 4. The summed E-state index contributed by atoms with van der Waals surface area (Å²) < 4.78 is 5.44. The first-order chi connectivity index (χ1) is 26.5. The highest BCUT2D eigenvalue weighted by Crippen LogP contribution is 2.16. The van der Waals surface area contributed by atoms with Crippen LogP contribution in [0.1, 0.15) is 245 Å². The van der Waals surface area contributed by atoms with Crippen LogP contribution in [-0.4, -0.2) is 47.4 Å². The summed E-state index contributed by atoms with van der Waals surface area (Å²) in [5.41, 5.74) is 0. The fourth-order valence-electron chi connectivity index (χ4n) is 7.09. The average molecular weight is 762 g/mol. The van der Waals surface area contributed by atoms with E-state index in [2.05, 4.69) is 43.5 Å². The van der Waals surface area contributed by atoms with Gasteiger partial charge in [-0.1, -0.05) is 205 Å². The lowest BCUT2D eigenvalue weighted by Crippen LogP contribution is -2.45. The molecule has 3 N–H and O–H groups in total. The van der Waals surface area contributed by atoms with E-state index in [1.807, 2.05) is 0 Å². The number of hydrogen-bond donors (Lipinski definition) is 3. The Morgan fingerprint density at radius 1 is 0.519 bits per heavy atom. The smallest absolute Gasteiger partial charge is 0.305 e. The number of unbranched alkanes of at least 4 members (excludes halogenated alkanes) is 28. The van der Waals surface area contributed by atoms with Gasteiger partial charge < -0.3 is 20.3 Å². The van der Waals surface area contributed by atoms with Crippen LogP contribution in [0.4, 0.5) is 0 Å². The first kappa shape index (κ1) is 52.3. The van der Waals surface area contributed by atoms with Gasteiger partial charge in [0.25, 0.3) is 0 Å². The summed E-state index contributed by atoms with van der Waals surface area (Å²) in [6, 6.07) is -0.550. The fraction of sp³-hybridized carbons (Fsp3) is 0.875. The maximum atomic E-state index is 12.4. The van der Waals surface area contributed by atoms with Crippen molar-refractivity contribution in [2.24, 2.45) is 0 Å². The topological polar surface area (TPSA) is 95.9 Å². The number of rotatable bonds is 43. The average Bonchev–Trinajstić information content (AvgIpc) is 3.17. The Labute approximate surface area is 335 Å². The quantitative estimate of drug-likeness (QED) is 0.0327. The highest BCUT2D eigenvalue weighted by molar-refractivity contribution is 5.76. The first-order valence-corrected chi connectivity index (χ1v) is 23.6. The second-order valence-corrected chi connectivity index (χ2v) is 16.1. The van der Waals surface area contributed by atoms with Crippen molar-refractivity contribution in [1.29, 1.82) is 0 Å². The molecule has 0 aliphatic rings. The molecule has 6 heteroatoms. The number of ether oxygens (including phenoxy) is 1. The number of amides is 1. The minimum Gasteiger partial charge on any atom is -0.466 e. The van der Waals surface area contributed by atoms with Crippen LogP contribution in [-0.2, 0) is 14.3 Å². The van der Waals surface area contributed by atoms with Crippen LogP contribution in [0.5, 0.6) is 0 Å². The Kier molecular flexibility index (Phi) is 42.7. The standard InChI is InChI=1S/C48H91NO5/c1-3-5-7-9-11-13-15-17-22-26-30-34-38-42-48(53)54-43-39-35-31-27-23-19-16-18-21-25-29-33-37-41-47(52)49-45(44-50)46(51)40-36-32-28-24-20-14-12-10-8-6-4-2/h7,9,13,15,45-46,50-51H,3-6,8,10-12,14,16-44H2,1-2H3,(H,49,52)/b9-7-,15-13-. The molecule has 318 valence electrons. The van der Waals surface area contributed by atoms with Crippen LogP contribution in [0.2, 0.25) is 0 Å². The van der Waals surface area contributed by atoms with Gasteiger partial charge in [0.1, 0.15) is 0 Å². The highest BCUT2D eigenvalue weighted by Gasteiger charge is 2.20. The van der Waals surface area contributed by atoms with Crippen molar-refractivity contribution >= 4 is 11.9 Å². The van der Waals surface area contributed by atoms with Gasteiger partial charge in [-0.2, -0.15) is 0 Å².